The molecule has 5 rings (SSSR count). The van der Waals surface area contributed by atoms with Crippen LogP contribution in [0.3, 0.4) is 0 Å². The maximum atomic E-state index is 13.4. The molecule has 0 aromatic heterocycles. The zero-order valence-electron chi connectivity index (χ0n) is 24.8. The van der Waals surface area contributed by atoms with Crippen molar-refractivity contribution >= 4 is 35.5 Å². The summed E-state index contributed by atoms with van der Waals surface area (Å²) in [6.07, 6.45) is 1.62. The normalized spacial score (nSPS) is 14.4. The molecule has 4 aromatic rings. The molecule has 0 unspecified atom stereocenters. The maximum absolute atomic E-state index is 13.4. The molecular formula is C35H35N5O4. The summed E-state index contributed by atoms with van der Waals surface area (Å²) < 4.78 is 5.14. The molecule has 1 aliphatic rings. The van der Waals surface area contributed by atoms with Gasteiger partial charge < -0.3 is 19.9 Å². The highest BCUT2D eigenvalue weighted by molar-refractivity contribution is 6.06. The highest BCUT2D eigenvalue weighted by atomic mass is 16.6. The first-order valence-corrected chi connectivity index (χ1v) is 14.5. The second-order valence-electron chi connectivity index (χ2n) is 10.6. The first-order valence-electron chi connectivity index (χ1n) is 14.5. The standard InChI is InChI=1S/C35H35N5O4/c1-25-33(41)40(20-19-26-9-5-3-6-10-26)23-30-16-15-29(21-32(30)37-25)34(42)39(2)31-17-13-27(14-18-31)22-36-38-35(43)44-24-28-11-7-4-8-12-28/h3-18,21-22,25,37H,19-20,23-24H2,1-2H3,(H,38,43)/t25-/m1/s1. The van der Waals surface area contributed by atoms with E-state index in [0.29, 0.717) is 24.3 Å². The van der Waals surface area contributed by atoms with Crippen LogP contribution in [0, 0.1) is 0 Å². The van der Waals surface area contributed by atoms with Crippen LogP contribution in [0.5, 0.6) is 0 Å². The van der Waals surface area contributed by atoms with Gasteiger partial charge in [-0.1, -0.05) is 78.9 Å². The predicted octanol–water partition coefficient (Wildman–Crippen LogP) is 5.61. The van der Waals surface area contributed by atoms with Crippen LogP contribution in [-0.4, -0.2) is 48.7 Å². The van der Waals surface area contributed by atoms with Crippen molar-refractivity contribution in [2.75, 3.05) is 23.8 Å². The summed E-state index contributed by atoms with van der Waals surface area (Å²) in [5, 5.41) is 7.25. The summed E-state index contributed by atoms with van der Waals surface area (Å²) in [6.45, 7) is 3.10. The topological polar surface area (TPSA) is 103 Å². The van der Waals surface area contributed by atoms with Gasteiger partial charge in [0.25, 0.3) is 5.91 Å². The van der Waals surface area contributed by atoms with Gasteiger partial charge in [0.1, 0.15) is 12.6 Å². The fourth-order valence-electron chi connectivity index (χ4n) is 4.94. The number of rotatable bonds is 9. The van der Waals surface area contributed by atoms with E-state index >= 15 is 0 Å². The lowest BCUT2D eigenvalue weighted by atomic mass is 10.1. The summed E-state index contributed by atoms with van der Waals surface area (Å²) in [7, 11) is 1.71. The number of amides is 3. The van der Waals surface area contributed by atoms with Crippen LogP contribution >= 0.6 is 0 Å². The van der Waals surface area contributed by atoms with Crippen molar-refractivity contribution in [3.63, 3.8) is 0 Å². The van der Waals surface area contributed by atoms with Gasteiger partial charge in [0.05, 0.1) is 6.21 Å². The predicted molar refractivity (Wildman–Crippen MR) is 172 cm³/mol. The Bertz CT molecular complexity index is 1620. The number of benzene rings is 4. The summed E-state index contributed by atoms with van der Waals surface area (Å²) in [4.78, 5) is 41.9. The van der Waals surface area contributed by atoms with E-state index < -0.39 is 12.1 Å². The number of hydrogen-bond donors (Lipinski definition) is 2. The van der Waals surface area contributed by atoms with Crippen molar-refractivity contribution in [1.82, 2.24) is 10.3 Å². The van der Waals surface area contributed by atoms with Gasteiger partial charge in [0, 0.05) is 37.1 Å². The van der Waals surface area contributed by atoms with E-state index in [0.717, 1.165) is 28.8 Å². The van der Waals surface area contributed by atoms with Crippen molar-refractivity contribution in [3.8, 4) is 0 Å². The molecule has 2 N–H and O–H groups in total. The van der Waals surface area contributed by atoms with Crippen LogP contribution < -0.4 is 15.6 Å². The molecule has 0 saturated carbocycles. The molecule has 44 heavy (non-hydrogen) atoms. The summed E-state index contributed by atoms with van der Waals surface area (Å²) in [6, 6.07) is 31.9. The molecule has 1 heterocycles. The van der Waals surface area contributed by atoms with E-state index in [1.165, 1.54) is 11.8 Å². The van der Waals surface area contributed by atoms with Gasteiger partial charge >= 0.3 is 6.09 Å². The van der Waals surface area contributed by atoms with Gasteiger partial charge in [-0.15, -0.1) is 0 Å². The Morgan fingerprint density at radius 2 is 1.66 bits per heavy atom. The minimum atomic E-state index is -0.652. The molecule has 224 valence electrons. The Kier molecular flexibility index (Phi) is 9.66. The number of carbonyl (C=O) groups excluding carboxylic acids is 3. The Hall–Kier alpha value is -5.44. The number of anilines is 2. The highest BCUT2D eigenvalue weighted by Gasteiger charge is 2.27. The van der Waals surface area contributed by atoms with E-state index in [1.54, 1.807) is 42.3 Å². The Morgan fingerprint density at radius 1 is 0.977 bits per heavy atom. The second-order valence-corrected chi connectivity index (χ2v) is 10.6. The molecule has 0 aliphatic carbocycles. The first-order chi connectivity index (χ1) is 21.4. The molecule has 1 atom stereocenters. The molecular weight excluding hydrogens is 554 g/mol. The minimum Gasteiger partial charge on any atom is -0.443 e. The zero-order chi connectivity index (χ0) is 30.9. The van der Waals surface area contributed by atoms with E-state index in [9.17, 15) is 14.4 Å². The number of fused-ring (bicyclic) bond motifs is 1. The average molecular weight is 590 g/mol. The number of hydrazone groups is 1. The van der Waals surface area contributed by atoms with Gasteiger partial charge in [-0.3, -0.25) is 9.59 Å². The molecule has 9 heteroatoms. The van der Waals surface area contributed by atoms with E-state index in [-0.39, 0.29) is 18.4 Å². The van der Waals surface area contributed by atoms with Gasteiger partial charge in [0.2, 0.25) is 5.91 Å². The fourth-order valence-corrected chi connectivity index (χ4v) is 4.94. The third-order valence-electron chi connectivity index (χ3n) is 7.45. The SMILES string of the molecule is C[C@H]1Nc2cc(C(=O)N(C)c3ccc(C=NNC(=O)OCc4ccccc4)cc3)ccc2CN(CCc2ccccc2)C1=O. The molecule has 0 radical (unpaired) electrons. The number of hydrogen-bond acceptors (Lipinski definition) is 6. The highest BCUT2D eigenvalue weighted by Crippen LogP contribution is 2.26. The molecule has 0 fully saturated rings. The van der Waals surface area contributed by atoms with Crippen LogP contribution in [0.1, 0.15) is 39.5 Å². The lowest BCUT2D eigenvalue weighted by molar-refractivity contribution is -0.132. The van der Waals surface area contributed by atoms with Gasteiger partial charge in [0.15, 0.2) is 0 Å². The summed E-state index contributed by atoms with van der Waals surface area (Å²) in [5.74, 6) is -0.145. The van der Waals surface area contributed by atoms with Crippen LogP contribution in [-0.2, 0) is 29.1 Å². The largest absolute Gasteiger partial charge is 0.443 e. The number of ether oxygens (including phenoxy) is 1. The van der Waals surface area contributed by atoms with Gasteiger partial charge in [-0.05, 0) is 59.9 Å². The van der Waals surface area contributed by atoms with Gasteiger partial charge in [-0.25, -0.2) is 10.2 Å². The summed E-state index contributed by atoms with van der Waals surface area (Å²) >= 11 is 0. The number of nitrogens with one attached hydrogen (secondary N) is 2. The molecule has 0 spiro atoms. The number of nitrogens with zero attached hydrogens (tertiary/aromatic N) is 3. The summed E-state index contributed by atoms with van der Waals surface area (Å²) in [5.41, 5.74) is 8.12. The lowest BCUT2D eigenvalue weighted by Crippen LogP contribution is -2.39. The van der Waals surface area contributed by atoms with Crippen molar-refractivity contribution in [2.24, 2.45) is 5.10 Å². The number of carbonyl (C=O) groups is 3. The van der Waals surface area contributed by atoms with Crippen LogP contribution in [0.2, 0.25) is 0 Å². The van der Waals surface area contributed by atoms with Crippen molar-refractivity contribution in [3.05, 3.63) is 131 Å². The molecule has 0 bridgehead atoms. The lowest BCUT2D eigenvalue weighted by Gasteiger charge is -2.23. The maximum Gasteiger partial charge on any atom is 0.428 e. The van der Waals surface area contributed by atoms with Crippen LogP contribution in [0.4, 0.5) is 16.2 Å². The molecule has 3 amide bonds. The third kappa shape index (κ3) is 7.69. The van der Waals surface area contributed by atoms with E-state index in [4.69, 9.17) is 4.74 Å². The van der Waals surface area contributed by atoms with Crippen molar-refractivity contribution in [1.29, 1.82) is 0 Å². The first kappa shape index (κ1) is 30.0. The molecule has 9 nitrogen and oxygen atoms in total. The monoisotopic (exact) mass is 589 g/mol. The molecule has 4 aromatic carbocycles. The van der Waals surface area contributed by atoms with E-state index in [1.807, 2.05) is 72.5 Å². The Balaban J connectivity index is 1.18. The van der Waals surface area contributed by atoms with Gasteiger partial charge in [-0.2, -0.15) is 5.10 Å². The Labute approximate surface area is 257 Å². The molecule has 0 saturated heterocycles. The third-order valence-corrected chi connectivity index (χ3v) is 7.45. The minimum absolute atomic E-state index is 0.0324. The smallest absolute Gasteiger partial charge is 0.428 e. The van der Waals surface area contributed by atoms with Crippen LogP contribution in [0.25, 0.3) is 0 Å². The quantitative estimate of drug-likeness (QED) is 0.195. The van der Waals surface area contributed by atoms with Crippen molar-refractivity contribution < 1.29 is 19.1 Å². The van der Waals surface area contributed by atoms with Crippen LogP contribution in [0.15, 0.2) is 108 Å². The second kappa shape index (κ2) is 14.2. The van der Waals surface area contributed by atoms with E-state index in [2.05, 4.69) is 28.0 Å². The molecule has 1 aliphatic heterocycles. The Morgan fingerprint density at radius 3 is 2.36 bits per heavy atom. The van der Waals surface area contributed by atoms with Crippen molar-refractivity contribution in [2.45, 2.75) is 32.5 Å². The fraction of sp³-hybridized carbons (Fsp3) is 0.200. The zero-order valence-corrected chi connectivity index (χ0v) is 24.8. The average Bonchev–Trinajstić information content (AvgIpc) is 3.18.